The van der Waals surface area contributed by atoms with Crippen molar-refractivity contribution in [1.82, 2.24) is 0 Å². The van der Waals surface area contributed by atoms with Crippen LogP contribution in [0.15, 0.2) is 57.8 Å². The van der Waals surface area contributed by atoms with Crippen molar-refractivity contribution in [2.45, 2.75) is 38.6 Å². The number of nitrogens with zero attached hydrogens (tertiary/aromatic N) is 4. The number of likely N-dealkylation sites (N-methyl/N-ethyl adjacent to an activating group) is 1. The monoisotopic (exact) mass is 472 g/mol. The van der Waals surface area contributed by atoms with Gasteiger partial charge in [0.05, 0.1) is 16.6 Å². The molecule has 0 bridgehead atoms. The quantitative estimate of drug-likeness (QED) is 0.274. The predicted octanol–water partition coefficient (Wildman–Crippen LogP) is 5.25. The van der Waals surface area contributed by atoms with Crippen LogP contribution in [0.25, 0.3) is 17.0 Å². The molecule has 180 valence electrons. The normalized spacial score (nSPS) is 18.6. The maximum Gasteiger partial charge on any atom is 0.343 e. The van der Waals surface area contributed by atoms with Crippen LogP contribution in [-0.2, 0) is 5.41 Å². The summed E-state index contributed by atoms with van der Waals surface area (Å²) in [6.45, 7) is 9.59. The van der Waals surface area contributed by atoms with E-state index in [1.807, 2.05) is 36.9 Å². The Kier molecular flexibility index (Phi) is 5.89. The van der Waals surface area contributed by atoms with Gasteiger partial charge in [0, 0.05) is 60.5 Å². The molecule has 2 aromatic carbocycles. The third-order valence-corrected chi connectivity index (χ3v) is 7.26. The van der Waals surface area contributed by atoms with E-state index < -0.39 is 21.5 Å². The molecule has 4 rings (SSSR count). The predicted molar refractivity (Wildman–Crippen MR) is 138 cm³/mol. The fourth-order valence-electron chi connectivity index (χ4n) is 5.05. The first-order chi connectivity index (χ1) is 16.6. The molecule has 1 aromatic heterocycles. The van der Waals surface area contributed by atoms with Gasteiger partial charge in [-0.05, 0) is 55.8 Å². The molecule has 0 saturated carbocycles. The van der Waals surface area contributed by atoms with Crippen molar-refractivity contribution in [3.8, 4) is 6.07 Å². The van der Waals surface area contributed by atoms with Crippen molar-refractivity contribution < 1.29 is 9.34 Å². The van der Waals surface area contributed by atoms with E-state index in [0.717, 1.165) is 29.9 Å². The SMILES string of the molecule is CCN(CC)c1ccc2cc(/C=C/C3(C#N)N(C)c4ccc([N+](=O)[O-])cc4C3(C)C)c(=O)oc2c1. The summed E-state index contributed by atoms with van der Waals surface area (Å²) >= 11 is 0. The zero-order valence-electron chi connectivity index (χ0n) is 20.5. The summed E-state index contributed by atoms with van der Waals surface area (Å²) in [4.78, 5) is 27.7. The Balaban J connectivity index is 1.77. The highest BCUT2D eigenvalue weighted by molar-refractivity contribution is 5.83. The van der Waals surface area contributed by atoms with Gasteiger partial charge in [-0.15, -0.1) is 0 Å². The van der Waals surface area contributed by atoms with Crippen LogP contribution in [0.2, 0.25) is 0 Å². The fourth-order valence-corrected chi connectivity index (χ4v) is 5.05. The van der Waals surface area contributed by atoms with Crippen LogP contribution >= 0.6 is 0 Å². The molecular formula is C27H28N4O4. The molecule has 1 unspecified atom stereocenters. The van der Waals surface area contributed by atoms with E-state index in [9.17, 15) is 20.2 Å². The lowest BCUT2D eigenvalue weighted by Crippen LogP contribution is -2.51. The number of nitriles is 1. The molecule has 8 nitrogen and oxygen atoms in total. The number of nitro groups is 1. The Labute approximate surface area is 203 Å². The van der Waals surface area contributed by atoms with E-state index in [4.69, 9.17) is 4.42 Å². The zero-order chi connectivity index (χ0) is 25.5. The van der Waals surface area contributed by atoms with Crippen LogP contribution in [-0.4, -0.2) is 30.6 Å². The van der Waals surface area contributed by atoms with E-state index in [1.165, 1.54) is 12.1 Å². The number of nitro benzene ring substituents is 1. The van der Waals surface area contributed by atoms with Crippen molar-refractivity contribution in [3.05, 3.63) is 80.2 Å². The van der Waals surface area contributed by atoms with Gasteiger partial charge in [-0.1, -0.05) is 13.8 Å². The van der Waals surface area contributed by atoms with Gasteiger partial charge in [-0.25, -0.2) is 4.79 Å². The molecule has 1 aliphatic rings. The van der Waals surface area contributed by atoms with Crippen LogP contribution in [0.5, 0.6) is 0 Å². The van der Waals surface area contributed by atoms with Crippen molar-refractivity contribution in [3.63, 3.8) is 0 Å². The minimum atomic E-state index is -1.17. The number of fused-ring (bicyclic) bond motifs is 2. The Morgan fingerprint density at radius 2 is 1.89 bits per heavy atom. The van der Waals surface area contributed by atoms with Crippen LogP contribution < -0.4 is 15.4 Å². The first kappa shape index (κ1) is 24.0. The first-order valence-corrected chi connectivity index (χ1v) is 11.6. The van der Waals surface area contributed by atoms with Crippen LogP contribution in [0, 0.1) is 21.4 Å². The third kappa shape index (κ3) is 3.64. The van der Waals surface area contributed by atoms with E-state index in [-0.39, 0.29) is 5.69 Å². The average Bonchev–Trinajstić information content (AvgIpc) is 3.00. The Morgan fingerprint density at radius 1 is 1.17 bits per heavy atom. The first-order valence-electron chi connectivity index (χ1n) is 11.6. The van der Waals surface area contributed by atoms with Crippen LogP contribution in [0.1, 0.15) is 38.8 Å². The summed E-state index contributed by atoms with van der Waals surface area (Å²) in [5, 5.41) is 22.5. The maximum absolute atomic E-state index is 12.8. The van der Waals surface area contributed by atoms with Gasteiger partial charge in [0.2, 0.25) is 0 Å². The molecule has 8 heteroatoms. The number of non-ortho nitro benzene ring substituents is 1. The number of hydrogen-bond donors (Lipinski definition) is 0. The van der Waals surface area contributed by atoms with E-state index in [0.29, 0.717) is 16.7 Å². The van der Waals surface area contributed by atoms with Crippen molar-refractivity contribution in [2.24, 2.45) is 0 Å². The minimum absolute atomic E-state index is 0.0257. The van der Waals surface area contributed by atoms with E-state index >= 15 is 0 Å². The molecule has 35 heavy (non-hydrogen) atoms. The van der Waals surface area contributed by atoms with Gasteiger partial charge in [-0.3, -0.25) is 10.1 Å². The molecule has 1 atom stereocenters. The summed E-state index contributed by atoms with van der Waals surface area (Å²) in [7, 11) is 1.78. The highest BCUT2D eigenvalue weighted by Gasteiger charge is 2.55. The lowest BCUT2D eigenvalue weighted by Gasteiger charge is -2.38. The van der Waals surface area contributed by atoms with Crippen LogP contribution in [0.4, 0.5) is 17.1 Å². The second-order valence-corrected chi connectivity index (χ2v) is 9.24. The molecule has 0 fully saturated rings. The zero-order valence-corrected chi connectivity index (χ0v) is 20.5. The highest BCUT2D eigenvalue weighted by atomic mass is 16.6. The topological polar surface area (TPSA) is 104 Å². The summed E-state index contributed by atoms with van der Waals surface area (Å²) in [6.07, 6.45) is 3.31. The molecule has 0 saturated heterocycles. The third-order valence-electron chi connectivity index (χ3n) is 7.26. The average molecular weight is 473 g/mol. The Bertz CT molecular complexity index is 1450. The largest absolute Gasteiger partial charge is 0.422 e. The lowest BCUT2D eigenvalue weighted by molar-refractivity contribution is -0.384. The van der Waals surface area contributed by atoms with Gasteiger partial charge in [0.1, 0.15) is 5.58 Å². The molecule has 0 N–H and O–H groups in total. The number of benzene rings is 2. The lowest BCUT2D eigenvalue weighted by atomic mass is 9.70. The molecule has 0 radical (unpaired) electrons. The van der Waals surface area contributed by atoms with Crippen molar-refractivity contribution in [2.75, 3.05) is 29.9 Å². The number of anilines is 2. The summed E-state index contributed by atoms with van der Waals surface area (Å²) in [5.41, 5.74) is 0.781. The molecule has 0 aliphatic carbocycles. The highest BCUT2D eigenvalue weighted by Crippen LogP contribution is 2.52. The molecule has 3 aromatic rings. The standard InChI is InChI=1S/C27H28N4O4/c1-6-30(7-2)20-9-8-18-14-19(25(32)35-24(18)16-20)12-13-27(17-28)26(3,4)22-15-21(31(33)34)10-11-23(22)29(27)5/h8-16H,6-7H2,1-5H3/b13-12+. The van der Waals surface area contributed by atoms with E-state index in [1.54, 1.807) is 31.3 Å². The van der Waals surface area contributed by atoms with Crippen molar-refractivity contribution >= 4 is 34.1 Å². The van der Waals surface area contributed by atoms with Gasteiger partial charge < -0.3 is 14.2 Å². The minimum Gasteiger partial charge on any atom is -0.422 e. The molecule has 1 aliphatic heterocycles. The Hall–Kier alpha value is -4.12. The second kappa shape index (κ2) is 8.58. The number of rotatable bonds is 6. The van der Waals surface area contributed by atoms with Gasteiger partial charge in [0.15, 0.2) is 5.54 Å². The van der Waals surface area contributed by atoms with Gasteiger partial charge in [-0.2, -0.15) is 5.26 Å². The summed E-state index contributed by atoms with van der Waals surface area (Å²) < 4.78 is 5.63. The fraction of sp³-hybridized carbons (Fsp3) is 0.333. The molecule has 0 spiro atoms. The van der Waals surface area contributed by atoms with E-state index in [2.05, 4.69) is 24.8 Å². The molecular weight excluding hydrogens is 444 g/mol. The summed E-state index contributed by atoms with van der Waals surface area (Å²) in [5.74, 6) is 0. The molecule has 0 amide bonds. The van der Waals surface area contributed by atoms with Gasteiger partial charge in [0.25, 0.3) is 5.69 Å². The van der Waals surface area contributed by atoms with Crippen molar-refractivity contribution in [1.29, 1.82) is 5.26 Å². The molecule has 2 heterocycles. The smallest absolute Gasteiger partial charge is 0.343 e. The Morgan fingerprint density at radius 3 is 2.51 bits per heavy atom. The maximum atomic E-state index is 12.8. The second-order valence-electron chi connectivity index (χ2n) is 9.24. The number of hydrogen-bond acceptors (Lipinski definition) is 7. The van der Waals surface area contributed by atoms with Crippen LogP contribution in [0.3, 0.4) is 0 Å². The van der Waals surface area contributed by atoms with Gasteiger partial charge >= 0.3 is 5.63 Å². The summed E-state index contributed by atoms with van der Waals surface area (Å²) in [6, 6.07) is 14.6.